The summed E-state index contributed by atoms with van der Waals surface area (Å²) >= 11 is 6.34. The smallest absolute Gasteiger partial charge is 0.274 e. The topological polar surface area (TPSA) is 74.8 Å². The molecular formula is C25H21ClN2O4S. The van der Waals surface area contributed by atoms with Crippen LogP contribution in [0.25, 0.3) is 0 Å². The minimum atomic E-state index is -4.20. The fraction of sp³-hybridized carbons (Fsp3) is 0.200. The summed E-state index contributed by atoms with van der Waals surface area (Å²) in [6, 6.07) is 19.1. The van der Waals surface area contributed by atoms with E-state index in [-0.39, 0.29) is 12.1 Å². The first-order chi connectivity index (χ1) is 15.7. The Morgan fingerprint density at radius 2 is 1.64 bits per heavy atom. The van der Waals surface area contributed by atoms with Crippen molar-refractivity contribution in [3.05, 3.63) is 94.0 Å². The average molecular weight is 481 g/mol. The predicted octanol–water partition coefficient (Wildman–Crippen LogP) is 4.12. The number of fused-ring (bicyclic) bond motifs is 2. The molecule has 3 aromatic carbocycles. The lowest BCUT2D eigenvalue weighted by molar-refractivity contribution is -0.123. The van der Waals surface area contributed by atoms with Crippen molar-refractivity contribution in [3.63, 3.8) is 0 Å². The highest BCUT2D eigenvalue weighted by Crippen LogP contribution is 2.53. The predicted molar refractivity (Wildman–Crippen MR) is 128 cm³/mol. The SMILES string of the molecule is Cc1ccc(N2C(=O)CS(=O)(=O)[C@@]23C(=O)N(Cc2ccccc2Cl)c2ccccc23)cc1C. The van der Waals surface area contributed by atoms with Gasteiger partial charge in [0.05, 0.1) is 12.2 Å². The number of carbonyl (C=O) groups is 2. The third kappa shape index (κ3) is 2.96. The third-order valence-electron chi connectivity index (χ3n) is 6.46. The van der Waals surface area contributed by atoms with Gasteiger partial charge in [0.25, 0.3) is 10.8 Å². The van der Waals surface area contributed by atoms with Crippen LogP contribution in [0.4, 0.5) is 11.4 Å². The highest BCUT2D eigenvalue weighted by Gasteiger charge is 2.69. The molecule has 1 atom stereocenters. The molecule has 2 amide bonds. The van der Waals surface area contributed by atoms with Crippen molar-refractivity contribution in [1.29, 1.82) is 0 Å². The van der Waals surface area contributed by atoms with Crippen molar-refractivity contribution in [2.24, 2.45) is 0 Å². The molecule has 0 N–H and O–H groups in total. The van der Waals surface area contributed by atoms with Crippen molar-refractivity contribution >= 4 is 44.6 Å². The summed E-state index contributed by atoms with van der Waals surface area (Å²) in [7, 11) is -4.20. The lowest BCUT2D eigenvalue weighted by Gasteiger charge is -2.33. The summed E-state index contributed by atoms with van der Waals surface area (Å²) in [5, 5.41) is 0.472. The number of nitrogens with zero attached hydrogens (tertiary/aromatic N) is 2. The van der Waals surface area contributed by atoms with E-state index in [1.165, 1.54) is 9.80 Å². The van der Waals surface area contributed by atoms with Gasteiger partial charge in [-0.15, -0.1) is 0 Å². The van der Waals surface area contributed by atoms with Gasteiger partial charge in [-0.05, 0) is 54.8 Å². The van der Waals surface area contributed by atoms with Gasteiger partial charge < -0.3 is 4.90 Å². The van der Waals surface area contributed by atoms with E-state index >= 15 is 0 Å². The lowest BCUT2D eigenvalue weighted by Crippen LogP contribution is -2.54. The molecule has 2 heterocycles. The number of hydrogen-bond acceptors (Lipinski definition) is 4. The first-order valence-corrected chi connectivity index (χ1v) is 12.5. The zero-order valence-corrected chi connectivity index (χ0v) is 19.7. The number of aryl methyl sites for hydroxylation is 2. The van der Waals surface area contributed by atoms with Gasteiger partial charge >= 0.3 is 0 Å². The van der Waals surface area contributed by atoms with Crippen LogP contribution in [0.3, 0.4) is 0 Å². The van der Waals surface area contributed by atoms with Gasteiger partial charge in [0.2, 0.25) is 5.91 Å². The van der Waals surface area contributed by atoms with E-state index < -0.39 is 32.3 Å². The Balaban J connectivity index is 1.75. The highest BCUT2D eigenvalue weighted by atomic mass is 35.5. The molecule has 3 aromatic rings. The number of hydrogen-bond donors (Lipinski definition) is 0. The Morgan fingerprint density at radius 3 is 2.36 bits per heavy atom. The third-order valence-corrected chi connectivity index (χ3v) is 8.93. The van der Waals surface area contributed by atoms with E-state index in [2.05, 4.69) is 0 Å². The van der Waals surface area contributed by atoms with E-state index in [0.29, 0.717) is 22.0 Å². The van der Waals surface area contributed by atoms with E-state index in [1.54, 1.807) is 60.7 Å². The van der Waals surface area contributed by atoms with Crippen LogP contribution in [0.1, 0.15) is 22.3 Å². The molecular weight excluding hydrogens is 460 g/mol. The quantitative estimate of drug-likeness (QED) is 0.565. The molecule has 0 bridgehead atoms. The number of carbonyl (C=O) groups excluding carboxylic acids is 2. The second-order valence-electron chi connectivity index (χ2n) is 8.40. The molecule has 33 heavy (non-hydrogen) atoms. The Bertz CT molecular complexity index is 1440. The maximum Gasteiger partial charge on any atom is 0.274 e. The van der Waals surface area contributed by atoms with Gasteiger partial charge in [-0.3, -0.25) is 14.5 Å². The summed E-state index contributed by atoms with van der Waals surface area (Å²) < 4.78 is 27.3. The van der Waals surface area contributed by atoms with Crippen LogP contribution in [0, 0.1) is 13.8 Å². The van der Waals surface area contributed by atoms with E-state index in [9.17, 15) is 18.0 Å². The monoisotopic (exact) mass is 480 g/mol. The van der Waals surface area contributed by atoms with Crippen molar-refractivity contribution < 1.29 is 18.0 Å². The standard InChI is InChI=1S/C25H21ClN2O4S/c1-16-11-12-19(13-17(16)2)28-23(29)15-33(31,32)25(28)20-8-4-6-10-22(20)27(24(25)30)14-18-7-3-5-9-21(18)26/h3-13H,14-15H2,1-2H3/t25-/m0/s1. The lowest BCUT2D eigenvalue weighted by atomic mass is 10.0. The Hall–Kier alpha value is -3.16. The van der Waals surface area contributed by atoms with E-state index in [0.717, 1.165) is 11.1 Å². The van der Waals surface area contributed by atoms with Crippen LogP contribution in [-0.2, 0) is 30.8 Å². The molecule has 2 aliphatic rings. The molecule has 0 aliphatic carbocycles. The van der Waals surface area contributed by atoms with Gasteiger partial charge in [0, 0.05) is 16.3 Å². The zero-order valence-electron chi connectivity index (χ0n) is 18.1. The number of para-hydroxylation sites is 1. The van der Waals surface area contributed by atoms with E-state index in [4.69, 9.17) is 11.6 Å². The first-order valence-electron chi connectivity index (χ1n) is 10.5. The number of benzene rings is 3. The molecule has 0 saturated carbocycles. The zero-order chi connectivity index (χ0) is 23.5. The molecule has 0 aromatic heterocycles. The van der Waals surface area contributed by atoms with Crippen molar-refractivity contribution in [2.45, 2.75) is 25.3 Å². The summed E-state index contributed by atoms with van der Waals surface area (Å²) in [6.45, 7) is 3.90. The number of halogens is 1. The van der Waals surface area contributed by atoms with Crippen LogP contribution >= 0.6 is 11.6 Å². The van der Waals surface area contributed by atoms with Crippen LogP contribution in [0.5, 0.6) is 0 Å². The highest BCUT2D eigenvalue weighted by molar-refractivity contribution is 7.94. The number of amides is 2. The van der Waals surface area contributed by atoms with Crippen molar-refractivity contribution in [1.82, 2.24) is 0 Å². The summed E-state index contributed by atoms with van der Waals surface area (Å²) in [5.74, 6) is -2.03. The van der Waals surface area contributed by atoms with Gasteiger partial charge in [0.15, 0.2) is 9.84 Å². The number of anilines is 2. The van der Waals surface area contributed by atoms with Crippen LogP contribution in [-0.4, -0.2) is 26.0 Å². The molecule has 2 aliphatic heterocycles. The van der Waals surface area contributed by atoms with Gasteiger partial charge in [-0.1, -0.05) is 54.1 Å². The summed E-state index contributed by atoms with van der Waals surface area (Å²) in [4.78, 5) is 27.7. The minimum Gasteiger partial charge on any atom is -0.304 e. The largest absolute Gasteiger partial charge is 0.304 e. The first kappa shape index (κ1) is 21.7. The Labute approximate surface area is 197 Å². The molecule has 168 valence electrons. The molecule has 0 radical (unpaired) electrons. The molecule has 8 heteroatoms. The molecule has 1 fully saturated rings. The number of rotatable bonds is 3. The summed E-state index contributed by atoms with van der Waals surface area (Å²) in [6.07, 6.45) is 0. The molecule has 6 nitrogen and oxygen atoms in total. The molecule has 5 rings (SSSR count). The van der Waals surface area contributed by atoms with Crippen LogP contribution in [0.15, 0.2) is 66.7 Å². The second-order valence-corrected chi connectivity index (χ2v) is 10.9. The second kappa shape index (κ2) is 7.43. The Morgan fingerprint density at radius 1 is 0.939 bits per heavy atom. The van der Waals surface area contributed by atoms with Crippen molar-refractivity contribution in [2.75, 3.05) is 15.6 Å². The van der Waals surface area contributed by atoms with Crippen LogP contribution < -0.4 is 9.80 Å². The Kier molecular flexibility index (Phi) is 4.88. The number of sulfone groups is 1. The van der Waals surface area contributed by atoms with Gasteiger partial charge in [-0.2, -0.15) is 0 Å². The fourth-order valence-electron chi connectivity index (χ4n) is 4.71. The maximum absolute atomic E-state index is 14.1. The normalized spacial score (nSPS) is 21.2. The van der Waals surface area contributed by atoms with Crippen LogP contribution in [0.2, 0.25) is 5.02 Å². The molecule has 1 spiro atoms. The van der Waals surface area contributed by atoms with Gasteiger partial charge in [-0.25, -0.2) is 8.42 Å². The van der Waals surface area contributed by atoms with Gasteiger partial charge in [0.1, 0.15) is 5.75 Å². The summed E-state index contributed by atoms with van der Waals surface area (Å²) in [5.41, 5.74) is 3.69. The fourth-order valence-corrected chi connectivity index (χ4v) is 6.94. The minimum absolute atomic E-state index is 0.0851. The van der Waals surface area contributed by atoms with E-state index in [1.807, 2.05) is 19.9 Å². The maximum atomic E-state index is 14.1. The average Bonchev–Trinajstić information content (AvgIpc) is 3.14. The molecule has 1 saturated heterocycles. The van der Waals surface area contributed by atoms with Crippen molar-refractivity contribution in [3.8, 4) is 0 Å². The molecule has 0 unspecified atom stereocenters.